The number of nitro benzene ring substituents is 1. The zero-order chi connectivity index (χ0) is 14.7. The van der Waals surface area contributed by atoms with Crippen LogP contribution in [0.4, 0.5) is 5.69 Å². The van der Waals surface area contributed by atoms with E-state index in [0.717, 1.165) is 9.13 Å². The lowest BCUT2D eigenvalue weighted by atomic mass is 10.2. The molecule has 2 aromatic carbocycles. The molecule has 0 aliphatic carbocycles. The first-order valence-electron chi connectivity index (χ1n) is 5.69. The summed E-state index contributed by atoms with van der Waals surface area (Å²) in [7, 11) is 0. The molecule has 0 aliphatic rings. The molecule has 0 radical (unpaired) electrons. The number of benzene rings is 2. The molecule has 0 heterocycles. The number of aromatic carboxylic acids is 1. The molecule has 0 aliphatic heterocycles. The summed E-state index contributed by atoms with van der Waals surface area (Å²) in [6, 6.07) is 11.3. The summed E-state index contributed by atoms with van der Waals surface area (Å²) in [5.74, 6) is -1.22. The SMILES string of the molecule is Cc1ccc([N+](=O)[O-])cc1[I+]c1ccccc1C(=O)[O-]. The summed E-state index contributed by atoms with van der Waals surface area (Å²) in [6.45, 7) is 1.86. The van der Waals surface area contributed by atoms with E-state index in [4.69, 9.17) is 0 Å². The van der Waals surface area contributed by atoms with Gasteiger partial charge in [0.1, 0.15) is 0 Å². The van der Waals surface area contributed by atoms with Crippen LogP contribution >= 0.6 is 0 Å². The molecule has 5 nitrogen and oxygen atoms in total. The average Bonchev–Trinajstić information content (AvgIpc) is 2.41. The highest BCUT2D eigenvalue weighted by Crippen LogP contribution is 2.11. The van der Waals surface area contributed by atoms with Crippen molar-refractivity contribution in [2.24, 2.45) is 0 Å². The molecule has 0 fully saturated rings. The van der Waals surface area contributed by atoms with E-state index in [9.17, 15) is 20.0 Å². The summed E-state index contributed by atoms with van der Waals surface area (Å²) < 4.78 is 1.53. The van der Waals surface area contributed by atoms with Crippen molar-refractivity contribution in [1.82, 2.24) is 0 Å². The Morgan fingerprint density at radius 2 is 1.85 bits per heavy atom. The zero-order valence-corrected chi connectivity index (χ0v) is 12.7. The monoisotopic (exact) mass is 383 g/mol. The number of halogens is 1. The van der Waals surface area contributed by atoms with Crippen LogP contribution in [0.1, 0.15) is 15.9 Å². The van der Waals surface area contributed by atoms with E-state index in [0.29, 0.717) is 3.57 Å². The molecule has 0 N–H and O–H groups in total. The molecule has 0 amide bonds. The van der Waals surface area contributed by atoms with Crippen molar-refractivity contribution < 1.29 is 36.0 Å². The third kappa shape index (κ3) is 3.13. The number of carboxylic acid groups (broad SMARTS) is 1. The van der Waals surface area contributed by atoms with Crippen molar-refractivity contribution in [3.63, 3.8) is 0 Å². The summed E-state index contributed by atoms with van der Waals surface area (Å²) >= 11 is -0.816. The second kappa shape index (κ2) is 6.00. The molecule has 0 saturated carbocycles. The average molecular weight is 383 g/mol. The van der Waals surface area contributed by atoms with Crippen LogP contribution in [0.15, 0.2) is 42.5 Å². The number of nitrogens with zero attached hydrogens (tertiary/aromatic N) is 1. The molecular formula is C14H10INO4. The Balaban J connectivity index is 2.42. The van der Waals surface area contributed by atoms with Gasteiger partial charge in [-0.2, -0.15) is 0 Å². The van der Waals surface area contributed by atoms with Gasteiger partial charge < -0.3 is 9.90 Å². The lowest BCUT2D eigenvalue weighted by Gasteiger charge is -2.01. The van der Waals surface area contributed by atoms with Gasteiger partial charge in [-0.3, -0.25) is 10.1 Å². The van der Waals surface area contributed by atoms with Gasteiger partial charge in [-0.05, 0) is 25.1 Å². The topological polar surface area (TPSA) is 83.3 Å². The van der Waals surface area contributed by atoms with Crippen LogP contribution in [0, 0.1) is 24.2 Å². The highest BCUT2D eigenvalue weighted by Gasteiger charge is 2.24. The van der Waals surface area contributed by atoms with Crippen molar-refractivity contribution in [2.75, 3.05) is 0 Å². The number of hydrogen-bond acceptors (Lipinski definition) is 4. The van der Waals surface area contributed by atoms with E-state index in [2.05, 4.69) is 0 Å². The lowest BCUT2D eigenvalue weighted by molar-refractivity contribution is -0.599. The maximum absolute atomic E-state index is 11.1. The van der Waals surface area contributed by atoms with Crippen LogP contribution < -0.4 is 26.3 Å². The Morgan fingerprint density at radius 1 is 1.15 bits per heavy atom. The standard InChI is InChI=1S/C14H10INO4/c1-9-6-7-10(16(19)20)8-13(9)15-12-5-3-2-4-11(12)14(17)18/h2-8H,1H3. The number of rotatable bonds is 4. The van der Waals surface area contributed by atoms with E-state index in [1.54, 1.807) is 24.3 Å². The molecule has 20 heavy (non-hydrogen) atoms. The number of carbonyl (C=O) groups is 1. The summed E-state index contributed by atoms with van der Waals surface area (Å²) in [4.78, 5) is 21.4. The van der Waals surface area contributed by atoms with Crippen molar-refractivity contribution in [3.05, 3.63) is 70.8 Å². The number of carboxylic acids is 1. The van der Waals surface area contributed by atoms with E-state index >= 15 is 0 Å². The molecule has 0 unspecified atom stereocenters. The highest BCUT2D eigenvalue weighted by atomic mass is 127. The van der Waals surface area contributed by atoms with Crippen LogP contribution in [0.3, 0.4) is 0 Å². The van der Waals surface area contributed by atoms with Gasteiger partial charge in [0.25, 0.3) is 5.69 Å². The molecule has 0 spiro atoms. The van der Waals surface area contributed by atoms with Crippen molar-refractivity contribution in [1.29, 1.82) is 0 Å². The molecular weight excluding hydrogens is 373 g/mol. The first-order chi connectivity index (χ1) is 9.49. The molecule has 2 rings (SSSR count). The molecule has 102 valence electrons. The maximum atomic E-state index is 11.1. The maximum Gasteiger partial charge on any atom is 0.359 e. The van der Waals surface area contributed by atoms with Gasteiger partial charge in [0.05, 0.1) is 22.5 Å². The Morgan fingerprint density at radius 3 is 2.50 bits per heavy atom. The lowest BCUT2D eigenvalue weighted by Crippen LogP contribution is -3.62. The van der Waals surface area contributed by atoms with E-state index in [-0.39, 0.29) is 11.3 Å². The fourth-order valence-electron chi connectivity index (χ4n) is 1.62. The molecule has 2 aromatic rings. The summed E-state index contributed by atoms with van der Waals surface area (Å²) in [6.07, 6.45) is 0. The van der Waals surface area contributed by atoms with Crippen LogP contribution in [-0.4, -0.2) is 10.9 Å². The predicted molar refractivity (Wildman–Crippen MR) is 66.0 cm³/mol. The minimum atomic E-state index is -1.22. The molecule has 0 bridgehead atoms. The van der Waals surface area contributed by atoms with E-state index in [1.165, 1.54) is 18.2 Å². The fraction of sp³-hybridized carbons (Fsp3) is 0.0714. The Bertz CT molecular complexity index is 685. The van der Waals surface area contributed by atoms with Crippen molar-refractivity contribution in [3.8, 4) is 0 Å². The number of non-ortho nitro benzene ring substituents is 1. The van der Waals surface area contributed by atoms with E-state index < -0.39 is 32.1 Å². The summed E-state index contributed by atoms with van der Waals surface area (Å²) in [5, 5.41) is 21.9. The van der Waals surface area contributed by atoms with Gasteiger partial charge in [0.15, 0.2) is 0 Å². The zero-order valence-electron chi connectivity index (χ0n) is 10.5. The molecule has 0 atom stereocenters. The second-order valence-electron chi connectivity index (χ2n) is 4.05. The summed E-state index contributed by atoms with van der Waals surface area (Å²) in [5.41, 5.74) is 1.11. The first-order valence-corrected chi connectivity index (χ1v) is 7.85. The minimum absolute atomic E-state index is 0.0243. The van der Waals surface area contributed by atoms with Crippen LogP contribution in [0.2, 0.25) is 0 Å². The van der Waals surface area contributed by atoms with Gasteiger partial charge in [0.2, 0.25) is 7.14 Å². The van der Waals surface area contributed by atoms with Crippen LogP contribution in [0.25, 0.3) is 0 Å². The normalized spacial score (nSPS) is 10.2. The third-order valence-electron chi connectivity index (χ3n) is 2.66. The second-order valence-corrected chi connectivity index (χ2v) is 6.92. The van der Waals surface area contributed by atoms with Crippen LogP contribution in [-0.2, 0) is 0 Å². The van der Waals surface area contributed by atoms with Gasteiger partial charge in [-0.1, -0.05) is 12.1 Å². The smallest absolute Gasteiger partial charge is 0.359 e. The van der Waals surface area contributed by atoms with E-state index in [1.807, 2.05) is 6.92 Å². The highest BCUT2D eigenvalue weighted by molar-refractivity contribution is 5.85. The largest absolute Gasteiger partial charge is 0.545 e. The van der Waals surface area contributed by atoms with Gasteiger partial charge in [-0.15, -0.1) is 0 Å². The van der Waals surface area contributed by atoms with Crippen molar-refractivity contribution >= 4 is 11.7 Å². The number of aryl methyl sites for hydroxylation is 1. The molecule has 0 aromatic heterocycles. The Hall–Kier alpha value is -1.96. The number of nitro groups is 1. The van der Waals surface area contributed by atoms with Gasteiger partial charge in [-0.25, -0.2) is 0 Å². The Kier molecular flexibility index (Phi) is 4.33. The van der Waals surface area contributed by atoms with Gasteiger partial charge >= 0.3 is 21.2 Å². The first kappa shape index (κ1) is 14.4. The van der Waals surface area contributed by atoms with Crippen LogP contribution in [0.5, 0.6) is 0 Å². The fourth-order valence-corrected chi connectivity index (χ4v) is 4.40. The molecule has 0 saturated heterocycles. The Labute approximate surface area is 125 Å². The minimum Gasteiger partial charge on any atom is -0.545 e. The van der Waals surface area contributed by atoms with Crippen molar-refractivity contribution in [2.45, 2.75) is 6.92 Å². The quantitative estimate of drug-likeness (QED) is 0.362. The number of carbonyl (C=O) groups excluding carboxylic acids is 1. The van der Waals surface area contributed by atoms with Gasteiger partial charge in [0, 0.05) is 11.6 Å². The molecule has 6 heteroatoms. The number of hydrogen-bond donors (Lipinski definition) is 0. The third-order valence-corrected chi connectivity index (χ3v) is 5.93. The predicted octanol–water partition coefficient (Wildman–Crippen LogP) is -1.60.